The van der Waals surface area contributed by atoms with Gasteiger partial charge in [0.05, 0.1) is 30.5 Å². The van der Waals surface area contributed by atoms with E-state index >= 15 is 0 Å². The Morgan fingerprint density at radius 3 is 2.50 bits per heavy atom. The van der Waals surface area contributed by atoms with Crippen LogP contribution in [0, 0.1) is 11.8 Å². The van der Waals surface area contributed by atoms with Gasteiger partial charge in [0.1, 0.15) is 6.04 Å². The molecule has 0 aliphatic carbocycles. The lowest BCUT2D eigenvalue weighted by Crippen LogP contribution is -2.49. The second-order valence-corrected chi connectivity index (χ2v) is 8.96. The van der Waals surface area contributed by atoms with Gasteiger partial charge in [-0.15, -0.1) is 0 Å². The van der Waals surface area contributed by atoms with Gasteiger partial charge in [-0.2, -0.15) is 0 Å². The van der Waals surface area contributed by atoms with E-state index in [9.17, 15) is 14.4 Å². The van der Waals surface area contributed by atoms with Gasteiger partial charge in [-0.25, -0.2) is 0 Å². The molecule has 4 aliphatic heterocycles. The van der Waals surface area contributed by atoms with Gasteiger partial charge >= 0.3 is 0 Å². The first-order chi connectivity index (χ1) is 15.6. The first-order valence-electron chi connectivity index (χ1n) is 11.3. The van der Waals surface area contributed by atoms with E-state index in [0.29, 0.717) is 12.2 Å². The first-order valence-corrected chi connectivity index (χ1v) is 11.3. The molecule has 3 saturated heterocycles. The highest BCUT2D eigenvalue weighted by Crippen LogP contribution is 2.49. The molecule has 6 heteroatoms. The molecular formula is C26H24N2O4. The predicted molar refractivity (Wildman–Crippen MR) is 119 cm³/mol. The molecule has 4 heterocycles. The number of rotatable bonds is 4. The number of fused-ring (bicyclic) bond motifs is 5. The third-order valence-corrected chi connectivity index (χ3v) is 7.24. The van der Waals surface area contributed by atoms with E-state index in [1.807, 2.05) is 59.5 Å². The van der Waals surface area contributed by atoms with E-state index < -0.39 is 17.9 Å². The highest BCUT2D eigenvalue weighted by atomic mass is 16.5. The molecule has 32 heavy (non-hydrogen) atoms. The molecular weight excluding hydrogens is 404 g/mol. The predicted octanol–water partition coefficient (Wildman–Crippen LogP) is 2.93. The molecule has 0 aromatic heterocycles. The number of hydrogen-bond acceptors (Lipinski definition) is 5. The van der Waals surface area contributed by atoms with Gasteiger partial charge in [0.15, 0.2) is 5.78 Å². The van der Waals surface area contributed by atoms with Crippen molar-refractivity contribution in [2.24, 2.45) is 11.8 Å². The topological polar surface area (TPSA) is 66.9 Å². The molecule has 2 amide bonds. The number of amides is 2. The Morgan fingerprint density at radius 2 is 1.72 bits per heavy atom. The van der Waals surface area contributed by atoms with Crippen LogP contribution in [0.15, 0.2) is 60.7 Å². The lowest BCUT2D eigenvalue weighted by molar-refractivity contribution is -0.142. The monoisotopic (exact) mass is 428 g/mol. The average Bonchev–Trinajstić information content (AvgIpc) is 3.52. The minimum absolute atomic E-state index is 0.108. The Bertz CT molecular complexity index is 1120. The van der Waals surface area contributed by atoms with Gasteiger partial charge in [0.2, 0.25) is 11.8 Å². The summed E-state index contributed by atoms with van der Waals surface area (Å²) in [6.45, 7) is 0.947. The van der Waals surface area contributed by atoms with Gasteiger partial charge in [-0.3, -0.25) is 19.3 Å². The Labute approximate surface area is 186 Å². The van der Waals surface area contributed by atoms with Crippen molar-refractivity contribution in [3.05, 3.63) is 71.8 Å². The number of carbonyl (C=O) groups is 3. The summed E-state index contributed by atoms with van der Waals surface area (Å²) in [7, 11) is 0. The van der Waals surface area contributed by atoms with E-state index in [2.05, 4.69) is 0 Å². The SMILES string of the molecule is O=C(c1ccccc1)C1C2C(=O)N(CC3CCCO3)C(=O)C2C2C=Cc3ccccc3N21. The Morgan fingerprint density at radius 1 is 0.969 bits per heavy atom. The van der Waals surface area contributed by atoms with Crippen molar-refractivity contribution in [3.63, 3.8) is 0 Å². The molecule has 0 bridgehead atoms. The number of ether oxygens (including phenoxy) is 1. The van der Waals surface area contributed by atoms with Gasteiger partial charge in [-0.05, 0) is 24.5 Å². The summed E-state index contributed by atoms with van der Waals surface area (Å²) in [5.41, 5.74) is 2.45. The molecule has 0 spiro atoms. The third kappa shape index (κ3) is 2.79. The number of nitrogens with zero attached hydrogens (tertiary/aromatic N) is 2. The molecule has 2 aromatic rings. The normalized spacial score (nSPS) is 30.4. The van der Waals surface area contributed by atoms with E-state index in [4.69, 9.17) is 4.74 Å². The minimum Gasteiger partial charge on any atom is -0.376 e. The summed E-state index contributed by atoms with van der Waals surface area (Å²) in [4.78, 5) is 44.3. The van der Waals surface area contributed by atoms with E-state index in [-0.39, 0.29) is 36.3 Å². The standard InChI is InChI=1S/C26H24N2O4/c29-24(17-8-2-1-3-9-17)23-22-21(20-13-12-16-7-4-5-11-19(16)28(20)23)25(30)27(26(22)31)15-18-10-6-14-32-18/h1-5,7-9,11-13,18,20-23H,6,10,14-15H2. The molecule has 6 rings (SSSR count). The molecule has 4 aliphatic rings. The third-order valence-electron chi connectivity index (χ3n) is 7.24. The Hall–Kier alpha value is -3.25. The van der Waals surface area contributed by atoms with Crippen LogP contribution < -0.4 is 4.90 Å². The minimum atomic E-state index is -0.718. The van der Waals surface area contributed by atoms with Crippen LogP contribution >= 0.6 is 0 Å². The van der Waals surface area contributed by atoms with Crippen molar-refractivity contribution in [3.8, 4) is 0 Å². The highest BCUT2D eigenvalue weighted by molar-refractivity contribution is 6.14. The van der Waals surface area contributed by atoms with Crippen LogP contribution in [-0.4, -0.2) is 53.8 Å². The fourth-order valence-corrected chi connectivity index (χ4v) is 5.82. The Kier molecular flexibility index (Phi) is 4.50. The number of imide groups is 1. The van der Waals surface area contributed by atoms with Crippen LogP contribution in [0.25, 0.3) is 6.08 Å². The molecule has 0 N–H and O–H groups in total. The molecule has 5 unspecified atom stereocenters. The zero-order valence-corrected chi connectivity index (χ0v) is 17.6. The summed E-state index contributed by atoms with van der Waals surface area (Å²) in [6.07, 6.45) is 5.67. The number of anilines is 1. The number of Topliss-reactive ketones (excluding diaryl/α,β-unsaturated/α-hetero) is 1. The van der Waals surface area contributed by atoms with Crippen molar-refractivity contribution in [1.29, 1.82) is 0 Å². The lowest BCUT2D eigenvalue weighted by atomic mass is 9.86. The second kappa shape index (κ2) is 7.41. The van der Waals surface area contributed by atoms with E-state index in [1.165, 1.54) is 4.90 Å². The van der Waals surface area contributed by atoms with Crippen LogP contribution in [-0.2, 0) is 14.3 Å². The number of carbonyl (C=O) groups excluding carboxylic acids is 3. The smallest absolute Gasteiger partial charge is 0.235 e. The molecule has 162 valence electrons. The molecule has 3 fully saturated rings. The number of hydrogen-bond donors (Lipinski definition) is 0. The molecule has 2 aromatic carbocycles. The summed E-state index contributed by atoms with van der Waals surface area (Å²) in [5, 5.41) is 0. The van der Waals surface area contributed by atoms with Crippen molar-refractivity contribution >= 4 is 29.4 Å². The van der Waals surface area contributed by atoms with Crippen LogP contribution in [0.5, 0.6) is 0 Å². The van der Waals surface area contributed by atoms with Crippen molar-refractivity contribution in [1.82, 2.24) is 4.90 Å². The van der Waals surface area contributed by atoms with Gasteiger partial charge < -0.3 is 9.64 Å². The van der Waals surface area contributed by atoms with Crippen molar-refractivity contribution in [2.75, 3.05) is 18.1 Å². The van der Waals surface area contributed by atoms with Crippen molar-refractivity contribution in [2.45, 2.75) is 31.0 Å². The molecule has 6 nitrogen and oxygen atoms in total. The summed E-state index contributed by atoms with van der Waals surface area (Å²) in [6, 6.07) is 15.9. The van der Waals surface area contributed by atoms with E-state index in [0.717, 1.165) is 24.1 Å². The zero-order valence-electron chi connectivity index (χ0n) is 17.6. The van der Waals surface area contributed by atoms with Gasteiger partial charge in [-0.1, -0.05) is 60.7 Å². The first kappa shape index (κ1) is 19.4. The second-order valence-electron chi connectivity index (χ2n) is 8.96. The largest absolute Gasteiger partial charge is 0.376 e. The summed E-state index contributed by atoms with van der Waals surface area (Å²) >= 11 is 0. The molecule has 0 saturated carbocycles. The fraction of sp³-hybridized carbons (Fsp3) is 0.346. The highest BCUT2D eigenvalue weighted by Gasteiger charge is 2.64. The van der Waals surface area contributed by atoms with Gasteiger partial charge in [0.25, 0.3) is 0 Å². The number of ketones is 1. The quantitative estimate of drug-likeness (QED) is 0.553. The average molecular weight is 428 g/mol. The van der Waals surface area contributed by atoms with Crippen LogP contribution in [0.2, 0.25) is 0 Å². The maximum Gasteiger partial charge on any atom is 0.235 e. The number of likely N-dealkylation sites (tertiary alicyclic amines) is 1. The fourth-order valence-electron chi connectivity index (χ4n) is 5.82. The van der Waals surface area contributed by atoms with Gasteiger partial charge in [0, 0.05) is 17.9 Å². The van der Waals surface area contributed by atoms with Crippen molar-refractivity contribution < 1.29 is 19.1 Å². The number of benzene rings is 2. The zero-order chi connectivity index (χ0) is 21.8. The maximum atomic E-state index is 13.8. The Balaban J connectivity index is 1.43. The van der Waals surface area contributed by atoms with Crippen LogP contribution in [0.4, 0.5) is 5.69 Å². The molecule has 5 atom stereocenters. The summed E-state index contributed by atoms with van der Waals surface area (Å²) < 4.78 is 5.69. The summed E-state index contributed by atoms with van der Waals surface area (Å²) in [5.74, 6) is -1.81. The van der Waals surface area contributed by atoms with Crippen LogP contribution in [0.1, 0.15) is 28.8 Å². The number of para-hydroxylation sites is 1. The van der Waals surface area contributed by atoms with Crippen LogP contribution in [0.3, 0.4) is 0 Å². The lowest BCUT2D eigenvalue weighted by Gasteiger charge is -2.36. The molecule has 0 radical (unpaired) electrons. The van der Waals surface area contributed by atoms with E-state index in [1.54, 1.807) is 12.1 Å². The maximum absolute atomic E-state index is 13.8.